The summed E-state index contributed by atoms with van der Waals surface area (Å²) in [6.07, 6.45) is 17.8. The summed E-state index contributed by atoms with van der Waals surface area (Å²) in [5.41, 5.74) is 4.15. The summed E-state index contributed by atoms with van der Waals surface area (Å²) in [5.74, 6) is 2.98. The third-order valence-electron chi connectivity index (χ3n) is 12.2. The topological polar surface area (TPSA) is 46.3 Å². The van der Waals surface area contributed by atoms with Crippen LogP contribution < -0.4 is 10.7 Å². The second kappa shape index (κ2) is 9.20. The maximum Gasteiger partial charge on any atom is 0.137 e. The number of thioether (sulfide) groups is 1. The highest BCUT2D eigenvalue weighted by Gasteiger charge is 2.66. The summed E-state index contributed by atoms with van der Waals surface area (Å²) in [6, 6.07) is 1.35. The van der Waals surface area contributed by atoms with Crippen LogP contribution in [0.3, 0.4) is 0 Å². The number of halogens is 1. The predicted molar refractivity (Wildman–Crippen MR) is 150 cm³/mol. The molecule has 8 fully saturated rings. The van der Waals surface area contributed by atoms with Crippen LogP contribution in [-0.4, -0.2) is 87.2 Å². The van der Waals surface area contributed by atoms with Crippen LogP contribution in [0.1, 0.15) is 84.0 Å². The van der Waals surface area contributed by atoms with E-state index in [-0.39, 0.29) is 5.54 Å². The molecule has 2 N–H and O–H groups in total. The molecule has 8 aliphatic rings. The lowest BCUT2D eigenvalue weighted by atomic mass is 9.73. The molecule has 0 radical (unpaired) electrons. The van der Waals surface area contributed by atoms with Gasteiger partial charge in [0.05, 0.1) is 23.8 Å². The van der Waals surface area contributed by atoms with Crippen molar-refractivity contribution in [2.24, 2.45) is 23.7 Å². The van der Waals surface area contributed by atoms with Crippen molar-refractivity contribution in [1.29, 1.82) is 0 Å². The van der Waals surface area contributed by atoms with Gasteiger partial charge in [0.1, 0.15) is 6.23 Å². The van der Waals surface area contributed by atoms with Crippen LogP contribution in [0.2, 0.25) is 0 Å². The molecule has 12 atom stereocenters. The maximum absolute atomic E-state index is 7.18. The first-order valence-corrected chi connectivity index (χ1v) is 17.0. The Morgan fingerprint density at radius 2 is 1.89 bits per heavy atom. The quantitative estimate of drug-likeness (QED) is 0.389. The smallest absolute Gasteiger partial charge is 0.137 e. The molecule has 37 heavy (non-hydrogen) atoms. The van der Waals surface area contributed by atoms with Gasteiger partial charge in [-0.3, -0.25) is 9.80 Å². The van der Waals surface area contributed by atoms with Crippen LogP contribution in [0, 0.1) is 23.7 Å². The molecule has 4 saturated heterocycles. The van der Waals surface area contributed by atoms with Gasteiger partial charge in [0, 0.05) is 41.2 Å². The molecule has 0 aromatic rings. The number of fused-ring (bicyclic) bond motifs is 6. The van der Waals surface area contributed by atoms with Gasteiger partial charge >= 0.3 is 0 Å². The average Bonchev–Trinajstić information content (AvgIpc) is 3.69. The molecule has 8 rings (SSSR count). The van der Waals surface area contributed by atoms with Gasteiger partial charge in [-0.25, -0.2) is 10.4 Å². The van der Waals surface area contributed by atoms with E-state index >= 15 is 0 Å². The number of hydrogen-bond acceptors (Lipinski definition) is 7. The fourth-order valence-corrected chi connectivity index (χ4v) is 12.3. The third kappa shape index (κ3) is 4.03. The number of ether oxygens (including phenoxy) is 1. The number of hydrogen-bond donors (Lipinski definition) is 2. The van der Waals surface area contributed by atoms with Crippen LogP contribution >= 0.6 is 23.4 Å². The first kappa shape index (κ1) is 25.1. The number of epoxide rings is 1. The first-order chi connectivity index (χ1) is 17.9. The standard InChI is InChI=1S/C29H48ClN5OS/c1-16-34(3)32-28-29(11-12-29)31-25(19-9-4-5-10-21(19)30)24-20-13-17(15-23(20)37-27(24)35(16)28)14-22-26(36-22)33(2)18-7-6-8-18/h16-28,31-32H,4-15H2,1-3H3/t16?,17-,19?,20?,21?,22?,23?,24?,25?,26?,27?,28?/m1/s1. The maximum atomic E-state index is 7.18. The van der Waals surface area contributed by atoms with E-state index in [0.717, 1.165) is 23.1 Å². The third-order valence-corrected chi connectivity index (χ3v) is 14.5. The van der Waals surface area contributed by atoms with E-state index in [1.807, 2.05) is 0 Å². The van der Waals surface area contributed by atoms with Gasteiger partial charge < -0.3 is 10.1 Å². The lowest BCUT2D eigenvalue weighted by Crippen LogP contribution is -2.57. The number of alkyl halides is 1. The van der Waals surface area contributed by atoms with Gasteiger partial charge in [-0.2, -0.15) is 0 Å². The highest BCUT2D eigenvalue weighted by Crippen LogP contribution is 2.61. The van der Waals surface area contributed by atoms with Crippen LogP contribution in [0.5, 0.6) is 0 Å². The van der Waals surface area contributed by atoms with Crippen LogP contribution in [0.4, 0.5) is 0 Å². The zero-order chi connectivity index (χ0) is 25.1. The van der Waals surface area contributed by atoms with Crippen LogP contribution in [0.15, 0.2) is 0 Å². The van der Waals surface area contributed by atoms with E-state index in [0.29, 0.717) is 53.3 Å². The summed E-state index contributed by atoms with van der Waals surface area (Å²) in [7, 11) is 4.56. The van der Waals surface area contributed by atoms with Crippen molar-refractivity contribution in [1.82, 2.24) is 25.6 Å². The first-order valence-electron chi connectivity index (χ1n) is 15.6. The van der Waals surface area contributed by atoms with Crippen molar-refractivity contribution >= 4 is 23.4 Å². The van der Waals surface area contributed by atoms with Crippen LogP contribution in [0.25, 0.3) is 0 Å². The minimum atomic E-state index is 0.233. The Bertz CT molecular complexity index is 888. The Hall–Kier alpha value is 0.400. The lowest BCUT2D eigenvalue weighted by molar-refractivity contribution is 0.0900. The second-order valence-electron chi connectivity index (χ2n) is 14.2. The molecule has 208 valence electrons. The molecular weight excluding hydrogens is 502 g/mol. The van der Waals surface area contributed by atoms with Crippen molar-refractivity contribution in [3.63, 3.8) is 0 Å². The average molecular weight is 550 g/mol. The lowest BCUT2D eigenvalue weighted by Gasteiger charge is -2.42. The normalized spacial score (nSPS) is 53.1. The number of hydrazine groups is 1. The van der Waals surface area contributed by atoms with E-state index in [9.17, 15) is 0 Å². The molecule has 0 aromatic carbocycles. The van der Waals surface area contributed by atoms with Crippen molar-refractivity contribution in [3.05, 3.63) is 0 Å². The van der Waals surface area contributed by atoms with Crippen molar-refractivity contribution in [2.45, 2.75) is 142 Å². The molecular formula is C29H48ClN5OS. The van der Waals surface area contributed by atoms with Crippen molar-refractivity contribution in [3.8, 4) is 0 Å². The Morgan fingerprint density at radius 1 is 1.08 bits per heavy atom. The van der Waals surface area contributed by atoms with Crippen LogP contribution in [-0.2, 0) is 4.74 Å². The van der Waals surface area contributed by atoms with Gasteiger partial charge in [0.2, 0.25) is 0 Å². The molecule has 4 aliphatic heterocycles. The van der Waals surface area contributed by atoms with Crippen molar-refractivity contribution in [2.75, 3.05) is 14.1 Å². The molecule has 4 heterocycles. The van der Waals surface area contributed by atoms with Gasteiger partial charge in [0.15, 0.2) is 0 Å². The highest BCUT2D eigenvalue weighted by molar-refractivity contribution is 8.00. The Balaban J connectivity index is 1.04. The molecule has 0 aromatic heterocycles. The van der Waals surface area contributed by atoms with E-state index < -0.39 is 0 Å². The summed E-state index contributed by atoms with van der Waals surface area (Å²) >= 11 is 9.54. The van der Waals surface area contributed by atoms with E-state index in [4.69, 9.17) is 16.3 Å². The minimum absolute atomic E-state index is 0.233. The van der Waals surface area contributed by atoms with Gasteiger partial charge in [-0.05, 0) is 89.5 Å². The largest absolute Gasteiger partial charge is 0.353 e. The summed E-state index contributed by atoms with van der Waals surface area (Å²) in [4.78, 5) is 5.46. The molecule has 0 amide bonds. The summed E-state index contributed by atoms with van der Waals surface area (Å²) in [5, 5.41) is 8.55. The number of likely N-dealkylation sites (N-methyl/N-ethyl adjacent to an activating group) is 1. The Labute approximate surface area is 233 Å². The molecule has 4 saturated carbocycles. The minimum Gasteiger partial charge on any atom is -0.353 e. The fourth-order valence-electron chi connectivity index (χ4n) is 9.60. The molecule has 4 aliphatic carbocycles. The zero-order valence-electron chi connectivity index (χ0n) is 23.0. The Kier molecular flexibility index (Phi) is 6.25. The molecule has 8 heteroatoms. The second-order valence-corrected chi connectivity index (χ2v) is 16.1. The predicted octanol–water partition coefficient (Wildman–Crippen LogP) is 4.40. The molecule has 11 unspecified atom stereocenters. The fraction of sp³-hybridized carbons (Fsp3) is 1.00. The molecule has 0 bridgehead atoms. The number of nitrogens with one attached hydrogen (secondary N) is 2. The SMILES string of the molecule is CC1N(C)NC2N1C1SC3C[C@@H](CC4OC4N(C)C4CCC4)CC3C1C(C1CCCCC1Cl)NC21CC1. The van der Waals surface area contributed by atoms with Gasteiger partial charge in [-0.15, -0.1) is 23.4 Å². The number of rotatable bonds is 5. The number of nitrogens with zero attached hydrogens (tertiary/aromatic N) is 3. The Morgan fingerprint density at radius 3 is 2.62 bits per heavy atom. The van der Waals surface area contributed by atoms with E-state index in [1.54, 1.807) is 0 Å². The molecule has 6 nitrogen and oxygen atoms in total. The van der Waals surface area contributed by atoms with E-state index in [1.165, 1.54) is 77.0 Å². The van der Waals surface area contributed by atoms with Gasteiger partial charge in [0.25, 0.3) is 0 Å². The summed E-state index contributed by atoms with van der Waals surface area (Å²) < 4.78 is 6.26. The van der Waals surface area contributed by atoms with E-state index in [2.05, 4.69) is 58.3 Å². The van der Waals surface area contributed by atoms with Crippen molar-refractivity contribution < 1.29 is 4.74 Å². The summed E-state index contributed by atoms with van der Waals surface area (Å²) in [6.45, 7) is 2.42. The zero-order valence-corrected chi connectivity index (χ0v) is 24.6. The van der Waals surface area contributed by atoms with Gasteiger partial charge in [-0.1, -0.05) is 19.3 Å². The highest BCUT2D eigenvalue weighted by atomic mass is 35.5. The monoisotopic (exact) mass is 549 g/mol. The molecule has 1 spiro atoms.